The number of carbonyl (C=O) groups excluding carboxylic acids is 3. The van der Waals surface area contributed by atoms with Crippen LogP contribution in [0.15, 0.2) is 78.9 Å². The largest absolute Gasteiger partial charge is 0.494 e. The molecule has 3 aromatic carbocycles. The van der Waals surface area contributed by atoms with E-state index in [9.17, 15) is 24.6 Å². The van der Waals surface area contributed by atoms with Gasteiger partial charge in [-0.2, -0.15) is 0 Å². The van der Waals surface area contributed by atoms with Gasteiger partial charge in [0.25, 0.3) is 0 Å². The van der Waals surface area contributed by atoms with Crippen molar-refractivity contribution in [2.75, 3.05) is 13.2 Å². The van der Waals surface area contributed by atoms with Crippen LogP contribution in [-0.4, -0.2) is 71.4 Å². The highest BCUT2D eigenvalue weighted by Crippen LogP contribution is 2.31. The van der Waals surface area contributed by atoms with Crippen molar-refractivity contribution in [1.82, 2.24) is 21.3 Å². The summed E-state index contributed by atoms with van der Waals surface area (Å²) in [4.78, 5) is 40.0. The molecule has 10 heteroatoms. The fourth-order valence-electron chi connectivity index (χ4n) is 6.25. The summed E-state index contributed by atoms with van der Waals surface area (Å²) in [5.41, 5.74) is 3.72. The molecule has 0 aromatic heterocycles. The maximum Gasteiger partial charge on any atom is 0.243 e. The first-order chi connectivity index (χ1) is 22.7. The highest BCUT2D eigenvalue weighted by molar-refractivity contribution is 5.88. The Morgan fingerprint density at radius 1 is 0.957 bits per heavy atom. The SMILES string of the molecule is CC(C)C1NC(=O)CCCOc2ccc(cc2)CC(C(O)CNC(Cc2ccccc2)C(=O)NC2c3ccccc3CC2O)NC1=O. The van der Waals surface area contributed by atoms with Crippen LogP contribution in [0.25, 0.3) is 0 Å². The van der Waals surface area contributed by atoms with Gasteiger partial charge in [-0.25, -0.2) is 0 Å². The first-order valence-corrected chi connectivity index (χ1v) is 16.5. The van der Waals surface area contributed by atoms with E-state index < -0.39 is 36.4 Å². The zero-order valence-corrected chi connectivity index (χ0v) is 27.0. The third kappa shape index (κ3) is 9.18. The van der Waals surface area contributed by atoms with Gasteiger partial charge in [0, 0.05) is 19.4 Å². The maximum atomic E-state index is 13.8. The monoisotopic (exact) mass is 642 g/mol. The second kappa shape index (κ2) is 16.0. The van der Waals surface area contributed by atoms with Crippen LogP contribution < -0.4 is 26.0 Å². The van der Waals surface area contributed by atoms with Crippen molar-refractivity contribution in [2.24, 2.45) is 5.92 Å². The Kier molecular flexibility index (Phi) is 11.6. The third-order valence-electron chi connectivity index (χ3n) is 8.93. The van der Waals surface area contributed by atoms with Crippen LogP contribution in [0.5, 0.6) is 5.75 Å². The van der Waals surface area contributed by atoms with Gasteiger partial charge in [0.2, 0.25) is 17.7 Å². The number of nitrogens with one attached hydrogen (secondary N) is 4. The molecule has 2 heterocycles. The Balaban J connectivity index is 1.34. The van der Waals surface area contributed by atoms with Crippen molar-refractivity contribution in [2.45, 2.75) is 82.3 Å². The van der Waals surface area contributed by atoms with Crippen molar-refractivity contribution in [3.63, 3.8) is 0 Å². The van der Waals surface area contributed by atoms with Crippen molar-refractivity contribution < 1.29 is 29.3 Å². The Bertz CT molecular complexity index is 1500. The summed E-state index contributed by atoms with van der Waals surface area (Å²) in [7, 11) is 0. The van der Waals surface area contributed by atoms with E-state index in [0.29, 0.717) is 38.0 Å². The molecule has 250 valence electrons. The molecule has 6 rings (SSSR count). The van der Waals surface area contributed by atoms with Crippen LogP contribution in [0.2, 0.25) is 0 Å². The Hall–Kier alpha value is -4.25. The van der Waals surface area contributed by atoms with Crippen molar-refractivity contribution in [1.29, 1.82) is 0 Å². The number of amides is 3. The van der Waals surface area contributed by atoms with Crippen LogP contribution in [-0.2, 0) is 33.6 Å². The van der Waals surface area contributed by atoms with Crippen LogP contribution in [0.3, 0.4) is 0 Å². The molecule has 0 saturated carbocycles. The summed E-state index contributed by atoms with van der Waals surface area (Å²) >= 11 is 0. The Morgan fingerprint density at radius 2 is 1.68 bits per heavy atom. The first kappa shape index (κ1) is 34.1. The lowest BCUT2D eigenvalue weighted by Gasteiger charge is -2.30. The van der Waals surface area contributed by atoms with E-state index in [-0.39, 0.29) is 36.6 Å². The van der Waals surface area contributed by atoms with Gasteiger partial charge in [-0.3, -0.25) is 14.4 Å². The van der Waals surface area contributed by atoms with Gasteiger partial charge in [0.1, 0.15) is 11.8 Å². The minimum atomic E-state index is -1.09. The topological polar surface area (TPSA) is 149 Å². The van der Waals surface area contributed by atoms with Gasteiger partial charge in [-0.05, 0) is 59.6 Å². The molecule has 3 aliphatic rings. The third-order valence-corrected chi connectivity index (χ3v) is 8.93. The van der Waals surface area contributed by atoms with Gasteiger partial charge < -0.3 is 36.2 Å². The predicted octanol–water partition coefficient (Wildman–Crippen LogP) is 2.36. The standard InChI is InChI=1S/C37H46N4O6/c1-23(2)34-37(46)39-29(19-25-14-16-27(17-15-25)47-18-8-13-33(44)40-34)32(43)22-38-30(20-24-9-4-3-5-10-24)36(45)41-35-28-12-7-6-11-26(28)21-31(35)42/h3-7,9-12,14-17,23,29-32,34-35,38,42-43H,8,13,18-22H2,1-2H3,(H,39,46)(H,40,44)(H,41,45). The van der Waals surface area contributed by atoms with E-state index in [1.165, 1.54) is 0 Å². The molecule has 0 saturated heterocycles. The van der Waals surface area contributed by atoms with Gasteiger partial charge >= 0.3 is 0 Å². The molecule has 10 nitrogen and oxygen atoms in total. The quantitative estimate of drug-likeness (QED) is 0.210. The molecule has 6 unspecified atom stereocenters. The normalized spacial score (nSPS) is 23.0. The molecule has 6 atom stereocenters. The molecule has 3 aromatic rings. The highest BCUT2D eigenvalue weighted by Gasteiger charge is 2.34. The van der Waals surface area contributed by atoms with Gasteiger partial charge in [0.05, 0.1) is 36.9 Å². The molecule has 0 spiro atoms. The van der Waals surface area contributed by atoms with E-state index >= 15 is 0 Å². The van der Waals surface area contributed by atoms with Crippen LogP contribution in [0, 0.1) is 5.92 Å². The summed E-state index contributed by atoms with van der Waals surface area (Å²) in [5, 5.41) is 34.5. The Labute approximate surface area is 276 Å². The van der Waals surface area contributed by atoms with E-state index in [2.05, 4.69) is 21.3 Å². The maximum absolute atomic E-state index is 13.8. The summed E-state index contributed by atoms with van der Waals surface area (Å²) in [6, 6.07) is 22.0. The van der Waals surface area contributed by atoms with E-state index in [0.717, 1.165) is 22.3 Å². The molecular weight excluding hydrogens is 596 g/mol. The molecule has 6 N–H and O–H groups in total. The van der Waals surface area contributed by atoms with E-state index in [1.54, 1.807) is 0 Å². The van der Waals surface area contributed by atoms with E-state index in [4.69, 9.17) is 4.74 Å². The summed E-state index contributed by atoms with van der Waals surface area (Å²) in [6.45, 7) is 4.10. The van der Waals surface area contributed by atoms with Gasteiger partial charge in [-0.15, -0.1) is 0 Å². The van der Waals surface area contributed by atoms with E-state index in [1.807, 2.05) is 92.7 Å². The first-order valence-electron chi connectivity index (χ1n) is 16.5. The highest BCUT2D eigenvalue weighted by atomic mass is 16.5. The Morgan fingerprint density at radius 3 is 2.43 bits per heavy atom. The lowest BCUT2D eigenvalue weighted by molar-refractivity contribution is -0.131. The average molecular weight is 643 g/mol. The molecule has 2 bridgehead atoms. The van der Waals surface area contributed by atoms with Crippen LogP contribution in [0.4, 0.5) is 0 Å². The van der Waals surface area contributed by atoms with Crippen molar-refractivity contribution >= 4 is 17.7 Å². The number of hydrogen-bond donors (Lipinski definition) is 6. The van der Waals surface area contributed by atoms with Crippen molar-refractivity contribution in [3.8, 4) is 5.75 Å². The predicted molar refractivity (Wildman–Crippen MR) is 179 cm³/mol. The molecule has 0 radical (unpaired) electrons. The molecule has 0 fully saturated rings. The number of carbonyl (C=O) groups is 3. The minimum absolute atomic E-state index is 0.000423. The molecule has 3 amide bonds. The van der Waals surface area contributed by atoms with Gasteiger partial charge in [0.15, 0.2) is 0 Å². The lowest BCUT2D eigenvalue weighted by Crippen LogP contribution is -2.57. The number of aliphatic hydroxyl groups is 2. The smallest absolute Gasteiger partial charge is 0.243 e. The average Bonchev–Trinajstić information content (AvgIpc) is 3.37. The number of rotatable bonds is 9. The van der Waals surface area contributed by atoms with Crippen LogP contribution >= 0.6 is 0 Å². The fourth-order valence-corrected chi connectivity index (χ4v) is 6.25. The molecule has 2 aliphatic heterocycles. The van der Waals surface area contributed by atoms with Crippen LogP contribution in [0.1, 0.15) is 55.0 Å². The summed E-state index contributed by atoms with van der Waals surface area (Å²) < 4.78 is 5.79. The zero-order chi connectivity index (χ0) is 33.3. The zero-order valence-electron chi connectivity index (χ0n) is 27.0. The fraction of sp³-hybridized carbons (Fsp3) is 0.432. The minimum Gasteiger partial charge on any atom is -0.494 e. The molecule has 47 heavy (non-hydrogen) atoms. The van der Waals surface area contributed by atoms with Gasteiger partial charge in [-0.1, -0.05) is 80.6 Å². The molecule has 1 aliphatic carbocycles. The lowest BCUT2D eigenvalue weighted by atomic mass is 9.97. The summed E-state index contributed by atoms with van der Waals surface area (Å²) in [6.07, 6.45) is 0.0317. The second-order valence-corrected chi connectivity index (χ2v) is 12.9. The van der Waals surface area contributed by atoms with Crippen molar-refractivity contribution in [3.05, 3.63) is 101 Å². The molecular formula is C37H46N4O6. The number of aliphatic hydroxyl groups excluding tert-OH is 2. The second-order valence-electron chi connectivity index (χ2n) is 12.9. The summed E-state index contributed by atoms with van der Waals surface area (Å²) in [5.74, 6) is -0.429. The number of fused-ring (bicyclic) bond motifs is 13. The number of benzene rings is 3. The number of ether oxygens (including phenoxy) is 1. The number of hydrogen-bond acceptors (Lipinski definition) is 7.